The van der Waals surface area contributed by atoms with Crippen molar-refractivity contribution < 1.29 is 4.79 Å². The Balaban J connectivity index is 1.63. The number of carbonyl (C=O) groups is 1. The molecule has 1 aromatic heterocycles. The van der Waals surface area contributed by atoms with Crippen molar-refractivity contribution >= 4 is 16.7 Å². The van der Waals surface area contributed by atoms with E-state index in [0.29, 0.717) is 17.3 Å². The van der Waals surface area contributed by atoms with E-state index in [2.05, 4.69) is 17.2 Å². The fourth-order valence-corrected chi connectivity index (χ4v) is 3.78. The van der Waals surface area contributed by atoms with E-state index >= 15 is 0 Å². The van der Waals surface area contributed by atoms with Crippen molar-refractivity contribution in [2.45, 2.75) is 32.4 Å². The summed E-state index contributed by atoms with van der Waals surface area (Å²) in [6, 6.07) is 14.8. The first-order valence-corrected chi connectivity index (χ1v) is 9.12. The van der Waals surface area contributed by atoms with Crippen LogP contribution in [0.5, 0.6) is 0 Å². The summed E-state index contributed by atoms with van der Waals surface area (Å²) in [6.07, 6.45) is 1.82. The van der Waals surface area contributed by atoms with Gasteiger partial charge in [0, 0.05) is 6.54 Å². The highest BCUT2D eigenvalue weighted by molar-refractivity contribution is 5.81. The number of hydrogen-bond acceptors (Lipinski definition) is 3. The Hall–Kier alpha value is -3.15. The Morgan fingerprint density at radius 2 is 1.78 bits per heavy atom. The van der Waals surface area contributed by atoms with Crippen molar-refractivity contribution in [2.75, 3.05) is 6.54 Å². The number of fused-ring (bicyclic) bond motifs is 1. The van der Waals surface area contributed by atoms with Gasteiger partial charge in [-0.2, -0.15) is 0 Å². The van der Waals surface area contributed by atoms with Gasteiger partial charge in [-0.05, 0) is 37.5 Å². The van der Waals surface area contributed by atoms with E-state index in [1.165, 1.54) is 5.56 Å². The molecule has 6 nitrogen and oxygen atoms in total. The fourth-order valence-electron chi connectivity index (χ4n) is 3.78. The minimum atomic E-state index is -0.366. The van der Waals surface area contributed by atoms with Crippen LogP contribution in [0.2, 0.25) is 0 Å². The lowest BCUT2D eigenvalue weighted by Gasteiger charge is -2.25. The van der Waals surface area contributed by atoms with Gasteiger partial charge in [-0.25, -0.2) is 4.68 Å². The molecule has 1 aliphatic rings. The number of nitrogens with one attached hydrogen (secondary N) is 1. The standard InChI is InChI=1S/C21H21N3O3/c1-14-8-10-15(11-9-14)18-7-4-12-23(18)19(25)13-24-21(27)17-6-3-2-5-16(17)20(26)22-24/h2-3,5-6,8-11,18H,4,7,12-13H2,1H3,(H,22,26). The second kappa shape index (κ2) is 6.87. The maximum absolute atomic E-state index is 12.9. The third-order valence-electron chi connectivity index (χ3n) is 5.21. The van der Waals surface area contributed by atoms with Crippen molar-refractivity contribution in [3.8, 4) is 0 Å². The molecule has 27 heavy (non-hydrogen) atoms. The van der Waals surface area contributed by atoms with Gasteiger partial charge < -0.3 is 4.90 Å². The molecule has 1 N–H and O–H groups in total. The molecule has 1 atom stereocenters. The monoisotopic (exact) mass is 363 g/mol. The minimum Gasteiger partial charge on any atom is -0.334 e. The molecule has 0 radical (unpaired) electrons. The van der Waals surface area contributed by atoms with Crippen LogP contribution >= 0.6 is 0 Å². The summed E-state index contributed by atoms with van der Waals surface area (Å²) in [5.74, 6) is -0.161. The Morgan fingerprint density at radius 3 is 2.52 bits per heavy atom. The zero-order valence-electron chi connectivity index (χ0n) is 15.1. The molecule has 4 rings (SSSR count). The summed E-state index contributed by atoms with van der Waals surface area (Å²) < 4.78 is 1.12. The number of rotatable bonds is 3. The van der Waals surface area contributed by atoms with Crippen molar-refractivity contribution in [3.63, 3.8) is 0 Å². The number of aromatic nitrogens is 2. The Kier molecular flexibility index (Phi) is 4.39. The van der Waals surface area contributed by atoms with Gasteiger partial charge in [0.2, 0.25) is 5.91 Å². The molecule has 0 saturated carbocycles. The van der Waals surface area contributed by atoms with Crippen LogP contribution in [0.1, 0.15) is 30.0 Å². The van der Waals surface area contributed by atoms with Gasteiger partial charge in [-0.1, -0.05) is 42.0 Å². The lowest BCUT2D eigenvalue weighted by atomic mass is 10.0. The average Bonchev–Trinajstić information content (AvgIpc) is 3.16. The fraction of sp³-hybridized carbons (Fsp3) is 0.286. The van der Waals surface area contributed by atoms with Crippen LogP contribution in [0.3, 0.4) is 0 Å². The van der Waals surface area contributed by atoms with Crippen LogP contribution in [-0.4, -0.2) is 27.1 Å². The topological polar surface area (TPSA) is 75.2 Å². The second-order valence-corrected chi connectivity index (χ2v) is 7.03. The highest BCUT2D eigenvalue weighted by Gasteiger charge is 2.30. The Bertz CT molecular complexity index is 1110. The van der Waals surface area contributed by atoms with E-state index in [4.69, 9.17) is 0 Å². The largest absolute Gasteiger partial charge is 0.334 e. The zero-order valence-corrected chi connectivity index (χ0v) is 15.1. The van der Waals surface area contributed by atoms with E-state index in [1.807, 2.05) is 24.0 Å². The van der Waals surface area contributed by atoms with Crippen LogP contribution in [0.15, 0.2) is 58.1 Å². The van der Waals surface area contributed by atoms with Gasteiger partial charge in [0.25, 0.3) is 11.1 Å². The van der Waals surface area contributed by atoms with E-state index in [0.717, 1.165) is 23.1 Å². The molecule has 2 heterocycles. The highest BCUT2D eigenvalue weighted by Crippen LogP contribution is 2.32. The minimum absolute atomic E-state index is 0.0148. The van der Waals surface area contributed by atoms with Gasteiger partial charge in [0.1, 0.15) is 6.54 Å². The quantitative estimate of drug-likeness (QED) is 0.776. The first-order valence-electron chi connectivity index (χ1n) is 9.12. The predicted octanol–water partition coefficient (Wildman–Crippen LogP) is 2.36. The zero-order chi connectivity index (χ0) is 19.0. The second-order valence-electron chi connectivity index (χ2n) is 7.03. The van der Waals surface area contributed by atoms with Gasteiger partial charge in [0.15, 0.2) is 0 Å². The van der Waals surface area contributed by atoms with Gasteiger partial charge in [-0.15, -0.1) is 0 Å². The number of benzene rings is 2. The molecule has 2 aromatic carbocycles. The number of carbonyl (C=O) groups excluding carboxylic acids is 1. The molecule has 1 unspecified atom stereocenters. The lowest BCUT2D eigenvalue weighted by Crippen LogP contribution is -2.39. The molecule has 1 fully saturated rings. The van der Waals surface area contributed by atoms with Crippen molar-refractivity contribution in [1.82, 2.24) is 14.7 Å². The molecule has 1 amide bonds. The number of hydrogen-bond donors (Lipinski definition) is 1. The highest BCUT2D eigenvalue weighted by atomic mass is 16.2. The molecule has 1 aliphatic heterocycles. The van der Waals surface area contributed by atoms with Crippen LogP contribution in [0, 0.1) is 6.92 Å². The number of aryl methyl sites for hydroxylation is 1. The smallest absolute Gasteiger partial charge is 0.273 e. The molecule has 0 spiro atoms. The number of aromatic amines is 1. The van der Waals surface area contributed by atoms with E-state index in [9.17, 15) is 14.4 Å². The average molecular weight is 363 g/mol. The third kappa shape index (κ3) is 3.18. The molecule has 0 bridgehead atoms. The third-order valence-corrected chi connectivity index (χ3v) is 5.21. The van der Waals surface area contributed by atoms with E-state index in [-0.39, 0.29) is 29.6 Å². The molecule has 1 saturated heterocycles. The molecule has 6 heteroatoms. The molecular formula is C21H21N3O3. The normalized spacial score (nSPS) is 16.8. The van der Waals surface area contributed by atoms with Crippen LogP contribution < -0.4 is 11.1 Å². The van der Waals surface area contributed by atoms with E-state index in [1.54, 1.807) is 24.3 Å². The summed E-state index contributed by atoms with van der Waals surface area (Å²) in [4.78, 5) is 39.6. The Labute approximate surface area is 156 Å². The SMILES string of the molecule is Cc1ccc(C2CCCN2C(=O)Cn2[nH]c(=O)c3ccccc3c2=O)cc1. The maximum Gasteiger partial charge on any atom is 0.273 e. The summed E-state index contributed by atoms with van der Waals surface area (Å²) in [5, 5.41) is 3.20. The first-order chi connectivity index (χ1) is 13.0. The predicted molar refractivity (Wildman–Crippen MR) is 104 cm³/mol. The first kappa shape index (κ1) is 17.3. The number of H-pyrrole nitrogens is 1. The number of likely N-dealkylation sites (tertiary alicyclic amines) is 1. The van der Waals surface area contributed by atoms with Gasteiger partial charge in [0.05, 0.1) is 16.8 Å². The van der Waals surface area contributed by atoms with Gasteiger partial charge in [-0.3, -0.25) is 19.5 Å². The van der Waals surface area contributed by atoms with Crippen LogP contribution in [0.25, 0.3) is 10.8 Å². The molecule has 138 valence electrons. The molecular weight excluding hydrogens is 342 g/mol. The lowest BCUT2D eigenvalue weighted by molar-refractivity contribution is -0.133. The summed E-state index contributed by atoms with van der Waals surface area (Å²) in [7, 11) is 0. The van der Waals surface area contributed by atoms with Crippen molar-refractivity contribution in [3.05, 3.63) is 80.4 Å². The van der Waals surface area contributed by atoms with Crippen LogP contribution in [0.4, 0.5) is 0 Å². The van der Waals surface area contributed by atoms with Crippen LogP contribution in [-0.2, 0) is 11.3 Å². The number of nitrogens with zero attached hydrogens (tertiary/aromatic N) is 2. The maximum atomic E-state index is 12.9. The summed E-state index contributed by atoms with van der Waals surface area (Å²) in [5.41, 5.74) is 1.56. The van der Waals surface area contributed by atoms with Crippen molar-refractivity contribution in [1.29, 1.82) is 0 Å². The Morgan fingerprint density at radius 1 is 1.07 bits per heavy atom. The summed E-state index contributed by atoms with van der Waals surface area (Å²) in [6.45, 7) is 2.52. The molecule has 3 aromatic rings. The summed E-state index contributed by atoms with van der Waals surface area (Å²) >= 11 is 0. The molecule has 0 aliphatic carbocycles. The van der Waals surface area contributed by atoms with Crippen molar-refractivity contribution in [2.24, 2.45) is 0 Å². The van der Waals surface area contributed by atoms with Gasteiger partial charge >= 0.3 is 0 Å². The number of amides is 1. The van der Waals surface area contributed by atoms with E-state index < -0.39 is 0 Å².